The summed E-state index contributed by atoms with van der Waals surface area (Å²) < 4.78 is 13.6. The third kappa shape index (κ3) is 2.48. The smallest absolute Gasteiger partial charge is 0.164 e. The molecule has 2 unspecified atom stereocenters. The minimum absolute atomic E-state index is 0.211. The first-order chi connectivity index (χ1) is 8.00. The highest BCUT2D eigenvalue weighted by molar-refractivity contribution is 6.00. The molecule has 17 heavy (non-hydrogen) atoms. The summed E-state index contributed by atoms with van der Waals surface area (Å²) >= 11 is 0. The van der Waals surface area contributed by atoms with Crippen LogP contribution in [0.25, 0.3) is 0 Å². The Morgan fingerprint density at radius 1 is 1.53 bits per heavy atom. The highest BCUT2D eigenvalue weighted by Gasteiger charge is 2.33. The molecular formula is C14H18FNO. The number of hydrogen-bond acceptors (Lipinski definition) is 2. The number of benzene rings is 1. The zero-order valence-electron chi connectivity index (χ0n) is 10.5. The van der Waals surface area contributed by atoms with Crippen molar-refractivity contribution in [2.24, 2.45) is 11.8 Å². The number of halogens is 1. The van der Waals surface area contributed by atoms with E-state index in [4.69, 9.17) is 0 Å². The molecule has 3 heteroatoms. The highest BCUT2D eigenvalue weighted by Crippen LogP contribution is 2.39. The van der Waals surface area contributed by atoms with Crippen LogP contribution in [0.1, 0.15) is 30.6 Å². The normalized spacial score (nSPS) is 22.4. The van der Waals surface area contributed by atoms with Gasteiger partial charge in [0.05, 0.1) is 11.3 Å². The fraction of sp³-hybridized carbons (Fsp3) is 0.500. The first kappa shape index (κ1) is 12.1. The van der Waals surface area contributed by atoms with E-state index in [1.807, 2.05) is 18.0 Å². The Morgan fingerprint density at radius 3 is 2.71 bits per heavy atom. The van der Waals surface area contributed by atoms with Gasteiger partial charge in [0.1, 0.15) is 5.82 Å². The van der Waals surface area contributed by atoms with Crippen LogP contribution in [-0.2, 0) is 0 Å². The lowest BCUT2D eigenvalue weighted by molar-refractivity contribution is 0.101. The summed E-state index contributed by atoms with van der Waals surface area (Å²) in [5, 5.41) is 0. The standard InChI is InChI=1S/C14H18FNO/c1-9-7-11(9)8-16(3)13-6-4-5-12(15)14(13)10(2)17/h4-6,9,11H,7-8H2,1-3H3. The maximum Gasteiger partial charge on any atom is 0.164 e. The zero-order chi connectivity index (χ0) is 12.6. The van der Waals surface area contributed by atoms with E-state index in [1.165, 1.54) is 19.4 Å². The number of nitrogens with zero attached hydrogens (tertiary/aromatic N) is 1. The van der Waals surface area contributed by atoms with Gasteiger partial charge in [-0.15, -0.1) is 0 Å². The van der Waals surface area contributed by atoms with Crippen LogP contribution in [0.4, 0.5) is 10.1 Å². The van der Waals surface area contributed by atoms with E-state index in [0.29, 0.717) is 11.6 Å². The number of carbonyl (C=O) groups excluding carboxylic acids is 1. The molecule has 1 fully saturated rings. The van der Waals surface area contributed by atoms with E-state index in [9.17, 15) is 9.18 Å². The van der Waals surface area contributed by atoms with Crippen LogP contribution in [0.15, 0.2) is 18.2 Å². The monoisotopic (exact) mass is 235 g/mol. The topological polar surface area (TPSA) is 20.3 Å². The van der Waals surface area contributed by atoms with E-state index < -0.39 is 5.82 Å². The molecule has 2 nitrogen and oxygen atoms in total. The van der Waals surface area contributed by atoms with E-state index >= 15 is 0 Å². The molecule has 1 aromatic carbocycles. The van der Waals surface area contributed by atoms with Gasteiger partial charge in [-0.25, -0.2) is 4.39 Å². The molecule has 0 radical (unpaired) electrons. The summed E-state index contributed by atoms with van der Waals surface area (Å²) in [7, 11) is 1.92. The number of rotatable bonds is 4. The van der Waals surface area contributed by atoms with E-state index in [-0.39, 0.29) is 11.3 Å². The molecule has 0 aliphatic heterocycles. The lowest BCUT2D eigenvalue weighted by Crippen LogP contribution is -2.23. The predicted octanol–water partition coefficient (Wildman–Crippen LogP) is 3.12. The first-order valence-corrected chi connectivity index (χ1v) is 6.01. The van der Waals surface area contributed by atoms with Crippen LogP contribution >= 0.6 is 0 Å². The average Bonchev–Trinajstić information content (AvgIpc) is 2.93. The van der Waals surface area contributed by atoms with Gasteiger partial charge in [-0.05, 0) is 37.3 Å². The summed E-state index contributed by atoms with van der Waals surface area (Å²) in [4.78, 5) is 13.5. The van der Waals surface area contributed by atoms with E-state index in [2.05, 4.69) is 6.92 Å². The van der Waals surface area contributed by atoms with Crippen LogP contribution in [0.3, 0.4) is 0 Å². The largest absolute Gasteiger partial charge is 0.374 e. The number of carbonyl (C=O) groups is 1. The SMILES string of the molecule is CC(=O)c1c(F)cccc1N(C)CC1CC1C. The first-order valence-electron chi connectivity index (χ1n) is 6.01. The predicted molar refractivity (Wildman–Crippen MR) is 66.9 cm³/mol. The quantitative estimate of drug-likeness (QED) is 0.747. The second-order valence-electron chi connectivity index (χ2n) is 5.04. The maximum absolute atomic E-state index is 13.6. The molecule has 1 aliphatic rings. The molecule has 0 spiro atoms. The van der Waals surface area contributed by atoms with Gasteiger partial charge in [0, 0.05) is 13.6 Å². The summed E-state index contributed by atoms with van der Waals surface area (Å²) in [5.74, 6) is 0.800. The van der Waals surface area contributed by atoms with Gasteiger partial charge in [-0.3, -0.25) is 4.79 Å². The molecule has 0 saturated heterocycles. The van der Waals surface area contributed by atoms with Crippen molar-refractivity contribution in [3.63, 3.8) is 0 Å². The summed E-state index contributed by atoms with van der Waals surface area (Å²) in [5.41, 5.74) is 0.917. The van der Waals surface area contributed by atoms with Crippen molar-refractivity contribution in [3.05, 3.63) is 29.6 Å². The van der Waals surface area contributed by atoms with Gasteiger partial charge in [0.2, 0.25) is 0 Å². The van der Waals surface area contributed by atoms with Crippen molar-refractivity contribution in [2.45, 2.75) is 20.3 Å². The molecule has 1 aromatic rings. The second-order valence-corrected chi connectivity index (χ2v) is 5.04. The van der Waals surface area contributed by atoms with Crippen LogP contribution in [0, 0.1) is 17.7 Å². The fourth-order valence-corrected chi connectivity index (χ4v) is 2.28. The fourth-order valence-electron chi connectivity index (χ4n) is 2.28. The lowest BCUT2D eigenvalue weighted by atomic mass is 10.1. The van der Waals surface area contributed by atoms with Crippen molar-refractivity contribution in [1.82, 2.24) is 0 Å². The molecule has 0 N–H and O–H groups in total. The van der Waals surface area contributed by atoms with Gasteiger partial charge >= 0.3 is 0 Å². The van der Waals surface area contributed by atoms with Gasteiger partial charge in [0.15, 0.2) is 5.78 Å². The van der Waals surface area contributed by atoms with Crippen LogP contribution in [0.5, 0.6) is 0 Å². The minimum Gasteiger partial charge on any atom is -0.374 e. The van der Waals surface area contributed by atoms with Crippen molar-refractivity contribution in [2.75, 3.05) is 18.5 Å². The number of Topliss-reactive ketones (excluding diaryl/α,β-unsaturated/α-hetero) is 1. The Bertz CT molecular complexity index is 444. The Kier molecular flexibility index (Phi) is 3.18. The molecule has 0 bridgehead atoms. The third-order valence-corrected chi connectivity index (χ3v) is 3.54. The van der Waals surface area contributed by atoms with E-state index in [0.717, 1.165) is 12.5 Å². The Balaban J connectivity index is 2.24. The lowest BCUT2D eigenvalue weighted by Gasteiger charge is -2.22. The number of hydrogen-bond donors (Lipinski definition) is 0. The molecular weight excluding hydrogens is 217 g/mol. The molecule has 92 valence electrons. The highest BCUT2D eigenvalue weighted by atomic mass is 19.1. The number of anilines is 1. The van der Waals surface area contributed by atoms with Gasteiger partial charge in [0.25, 0.3) is 0 Å². The van der Waals surface area contributed by atoms with Gasteiger partial charge in [-0.2, -0.15) is 0 Å². The Labute approximate surface area is 101 Å². The van der Waals surface area contributed by atoms with Crippen molar-refractivity contribution in [3.8, 4) is 0 Å². The summed E-state index contributed by atoms with van der Waals surface area (Å²) in [6.07, 6.45) is 1.23. The average molecular weight is 235 g/mol. The molecule has 1 saturated carbocycles. The summed E-state index contributed by atoms with van der Waals surface area (Å²) in [6, 6.07) is 4.81. The van der Waals surface area contributed by atoms with Crippen LogP contribution < -0.4 is 4.90 Å². The minimum atomic E-state index is -0.425. The zero-order valence-corrected chi connectivity index (χ0v) is 10.5. The second kappa shape index (κ2) is 4.47. The molecule has 0 heterocycles. The van der Waals surface area contributed by atoms with E-state index in [1.54, 1.807) is 6.07 Å². The Hall–Kier alpha value is -1.38. The van der Waals surface area contributed by atoms with Crippen LogP contribution in [-0.4, -0.2) is 19.4 Å². The molecule has 2 rings (SSSR count). The number of ketones is 1. The molecule has 0 aromatic heterocycles. The van der Waals surface area contributed by atoms with Crippen molar-refractivity contribution >= 4 is 11.5 Å². The van der Waals surface area contributed by atoms with Crippen molar-refractivity contribution in [1.29, 1.82) is 0 Å². The van der Waals surface area contributed by atoms with Gasteiger partial charge in [-0.1, -0.05) is 13.0 Å². The van der Waals surface area contributed by atoms with Crippen LogP contribution in [0.2, 0.25) is 0 Å². The van der Waals surface area contributed by atoms with Gasteiger partial charge < -0.3 is 4.90 Å². The summed E-state index contributed by atoms with van der Waals surface area (Å²) in [6.45, 7) is 4.52. The maximum atomic E-state index is 13.6. The van der Waals surface area contributed by atoms with Crippen molar-refractivity contribution < 1.29 is 9.18 Å². The molecule has 2 atom stereocenters. The Morgan fingerprint density at radius 2 is 2.18 bits per heavy atom. The molecule has 0 amide bonds. The third-order valence-electron chi connectivity index (χ3n) is 3.54. The molecule has 1 aliphatic carbocycles.